The third-order valence-electron chi connectivity index (χ3n) is 7.75. The van der Waals surface area contributed by atoms with Gasteiger partial charge in [-0.15, -0.1) is 6.58 Å². The molecular formula is C33H41N. The number of fused-ring (bicyclic) bond motifs is 3. The molecule has 1 aliphatic rings. The standard InChI is InChI=1S/C33H41N/c1-5-7-9-14-22-33(23-15-10-8-6-2)31-24-26(3)18-20-29(31)30-21-19-28(25-32(30)33)34(4)27-16-12-11-13-17-27/h5,11-13,16-21,24-25H,1,6-10,14-15,22-23H2,2-4H3. The van der Waals surface area contributed by atoms with Gasteiger partial charge in [-0.1, -0.05) is 93.1 Å². The summed E-state index contributed by atoms with van der Waals surface area (Å²) in [5.74, 6) is 0. The van der Waals surface area contributed by atoms with Gasteiger partial charge in [0.25, 0.3) is 0 Å². The molecule has 1 unspecified atom stereocenters. The Morgan fingerprint density at radius 2 is 1.44 bits per heavy atom. The summed E-state index contributed by atoms with van der Waals surface area (Å²) >= 11 is 0. The fourth-order valence-electron chi connectivity index (χ4n) is 5.84. The van der Waals surface area contributed by atoms with Crippen molar-refractivity contribution in [2.45, 2.75) is 77.0 Å². The number of nitrogens with zero attached hydrogens (tertiary/aromatic N) is 1. The highest BCUT2D eigenvalue weighted by Gasteiger charge is 2.42. The van der Waals surface area contributed by atoms with Gasteiger partial charge in [-0.3, -0.25) is 0 Å². The molecule has 0 N–H and O–H groups in total. The lowest BCUT2D eigenvalue weighted by Gasteiger charge is -2.34. The van der Waals surface area contributed by atoms with E-state index in [1.54, 1.807) is 11.1 Å². The molecule has 0 fully saturated rings. The molecule has 0 heterocycles. The summed E-state index contributed by atoms with van der Waals surface area (Å²) in [4.78, 5) is 2.33. The van der Waals surface area contributed by atoms with E-state index in [9.17, 15) is 0 Å². The second-order valence-electron chi connectivity index (χ2n) is 10.1. The maximum absolute atomic E-state index is 3.96. The first-order valence-corrected chi connectivity index (χ1v) is 13.3. The van der Waals surface area contributed by atoms with E-state index in [0.717, 1.165) is 6.42 Å². The molecule has 0 radical (unpaired) electrons. The highest BCUT2D eigenvalue weighted by Crippen LogP contribution is 2.55. The number of para-hydroxylation sites is 1. The molecule has 0 aliphatic heterocycles. The summed E-state index contributed by atoms with van der Waals surface area (Å²) in [7, 11) is 2.19. The molecule has 0 saturated carbocycles. The van der Waals surface area contributed by atoms with Crippen LogP contribution in [0.5, 0.6) is 0 Å². The van der Waals surface area contributed by atoms with Gasteiger partial charge in [0.2, 0.25) is 0 Å². The molecule has 1 heteroatoms. The van der Waals surface area contributed by atoms with Crippen molar-refractivity contribution in [2.24, 2.45) is 0 Å². The average molecular weight is 452 g/mol. The van der Waals surface area contributed by atoms with E-state index in [1.807, 2.05) is 0 Å². The molecule has 1 nitrogen and oxygen atoms in total. The van der Waals surface area contributed by atoms with Crippen LogP contribution in [0.4, 0.5) is 11.4 Å². The Morgan fingerprint density at radius 1 is 0.765 bits per heavy atom. The summed E-state index contributed by atoms with van der Waals surface area (Å²) in [5.41, 5.74) is 10.00. The van der Waals surface area contributed by atoms with Crippen molar-refractivity contribution < 1.29 is 0 Å². The molecule has 0 bridgehead atoms. The first-order chi connectivity index (χ1) is 16.6. The Balaban J connectivity index is 1.79. The van der Waals surface area contributed by atoms with Crippen molar-refractivity contribution in [1.82, 2.24) is 0 Å². The van der Waals surface area contributed by atoms with Gasteiger partial charge in [0.15, 0.2) is 0 Å². The number of unbranched alkanes of at least 4 members (excludes halogenated alkanes) is 5. The van der Waals surface area contributed by atoms with Crippen molar-refractivity contribution in [3.8, 4) is 11.1 Å². The Hall–Kier alpha value is -2.80. The topological polar surface area (TPSA) is 3.24 Å². The fourth-order valence-corrected chi connectivity index (χ4v) is 5.84. The quantitative estimate of drug-likeness (QED) is 0.196. The van der Waals surface area contributed by atoms with E-state index in [1.165, 1.54) is 79.4 Å². The van der Waals surface area contributed by atoms with Crippen molar-refractivity contribution in [3.05, 3.63) is 96.1 Å². The zero-order valence-electron chi connectivity index (χ0n) is 21.4. The average Bonchev–Trinajstić information content (AvgIpc) is 3.13. The molecule has 178 valence electrons. The van der Waals surface area contributed by atoms with E-state index >= 15 is 0 Å². The molecule has 0 amide bonds. The van der Waals surface area contributed by atoms with Gasteiger partial charge < -0.3 is 4.90 Å². The second kappa shape index (κ2) is 11.1. The van der Waals surface area contributed by atoms with Crippen LogP contribution in [-0.4, -0.2) is 7.05 Å². The Morgan fingerprint density at radius 3 is 2.15 bits per heavy atom. The minimum atomic E-state index is 0.110. The fraction of sp³-hybridized carbons (Fsp3) is 0.394. The Labute approximate surface area is 207 Å². The number of hydrogen-bond donors (Lipinski definition) is 0. The predicted octanol–water partition coefficient (Wildman–Crippen LogP) is 9.75. The van der Waals surface area contributed by atoms with Gasteiger partial charge in [0, 0.05) is 23.8 Å². The Kier molecular flexibility index (Phi) is 7.93. The predicted molar refractivity (Wildman–Crippen MR) is 149 cm³/mol. The smallest absolute Gasteiger partial charge is 0.0411 e. The first kappa shape index (κ1) is 24.3. The molecule has 1 aliphatic carbocycles. The number of allylic oxidation sites excluding steroid dienone is 1. The number of rotatable bonds is 12. The lowest BCUT2D eigenvalue weighted by Crippen LogP contribution is -2.26. The van der Waals surface area contributed by atoms with E-state index in [2.05, 4.69) is 105 Å². The molecule has 3 aromatic carbocycles. The van der Waals surface area contributed by atoms with Crippen LogP contribution in [0.25, 0.3) is 11.1 Å². The summed E-state index contributed by atoms with van der Waals surface area (Å²) in [5, 5.41) is 0. The van der Waals surface area contributed by atoms with Gasteiger partial charge in [0.1, 0.15) is 0 Å². The molecule has 3 aromatic rings. The van der Waals surface area contributed by atoms with E-state index in [0.29, 0.717) is 0 Å². The van der Waals surface area contributed by atoms with Crippen LogP contribution in [0.15, 0.2) is 79.4 Å². The molecular weight excluding hydrogens is 410 g/mol. The largest absolute Gasteiger partial charge is 0.345 e. The van der Waals surface area contributed by atoms with Crippen LogP contribution >= 0.6 is 0 Å². The zero-order chi connectivity index (χ0) is 24.0. The SMILES string of the molecule is C=CCCCCC1(CCCCCC)c2cc(C)ccc2-c2ccc(N(C)c3ccccc3)cc21. The summed E-state index contributed by atoms with van der Waals surface area (Å²) in [6, 6.07) is 25.1. The van der Waals surface area contributed by atoms with E-state index in [-0.39, 0.29) is 5.41 Å². The number of hydrogen-bond acceptors (Lipinski definition) is 1. The lowest BCUT2D eigenvalue weighted by atomic mass is 9.70. The summed E-state index contributed by atoms with van der Waals surface area (Å²) in [6.45, 7) is 8.51. The maximum atomic E-state index is 3.96. The summed E-state index contributed by atoms with van der Waals surface area (Å²) in [6.07, 6.45) is 13.3. The highest BCUT2D eigenvalue weighted by atomic mass is 15.1. The van der Waals surface area contributed by atoms with Crippen molar-refractivity contribution in [3.63, 3.8) is 0 Å². The van der Waals surface area contributed by atoms with E-state index < -0.39 is 0 Å². The van der Waals surface area contributed by atoms with Crippen molar-refractivity contribution in [2.75, 3.05) is 11.9 Å². The van der Waals surface area contributed by atoms with Crippen LogP contribution in [0.3, 0.4) is 0 Å². The summed E-state index contributed by atoms with van der Waals surface area (Å²) < 4.78 is 0. The Bertz CT molecular complexity index is 1100. The van der Waals surface area contributed by atoms with Gasteiger partial charge in [-0.2, -0.15) is 0 Å². The van der Waals surface area contributed by atoms with Crippen LogP contribution in [0.2, 0.25) is 0 Å². The molecule has 0 saturated heterocycles. The zero-order valence-corrected chi connectivity index (χ0v) is 21.4. The first-order valence-electron chi connectivity index (χ1n) is 13.3. The maximum Gasteiger partial charge on any atom is 0.0411 e. The minimum absolute atomic E-state index is 0.110. The molecule has 34 heavy (non-hydrogen) atoms. The molecule has 0 spiro atoms. The van der Waals surface area contributed by atoms with Crippen molar-refractivity contribution in [1.29, 1.82) is 0 Å². The lowest BCUT2D eigenvalue weighted by molar-refractivity contribution is 0.404. The van der Waals surface area contributed by atoms with E-state index in [4.69, 9.17) is 0 Å². The van der Waals surface area contributed by atoms with Gasteiger partial charge >= 0.3 is 0 Å². The van der Waals surface area contributed by atoms with Gasteiger partial charge in [-0.05, 0) is 79.1 Å². The van der Waals surface area contributed by atoms with Crippen LogP contribution in [-0.2, 0) is 5.41 Å². The number of anilines is 2. The normalized spacial score (nSPS) is 16.2. The van der Waals surface area contributed by atoms with Crippen LogP contribution in [0, 0.1) is 6.92 Å². The van der Waals surface area contributed by atoms with Crippen molar-refractivity contribution >= 4 is 11.4 Å². The highest BCUT2D eigenvalue weighted by molar-refractivity contribution is 5.84. The number of benzene rings is 3. The molecule has 4 rings (SSSR count). The molecule has 1 atom stereocenters. The minimum Gasteiger partial charge on any atom is -0.345 e. The third kappa shape index (κ3) is 4.85. The van der Waals surface area contributed by atoms with Gasteiger partial charge in [0.05, 0.1) is 0 Å². The second-order valence-corrected chi connectivity index (χ2v) is 10.1. The van der Waals surface area contributed by atoms with Crippen LogP contribution < -0.4 is 4.90 Å². The van der Waals surface area contributed by atoms with Crippen LogP contribution in [0.1, 0.15) is 81.4 Å². The third-order valence-corrected chi connectivity index (χ3v) is 7.75. The number of aryl methyl sites for hydroxylation is 1. The van der Waals surface area contributed by atoms with Gasteiger partial charge in [-0.25, -0.2) is 0 Å². The molecule has 0 aromatic heterocycles. The monoisotopic (exact) mass is 451 g/mol.